The lowest BCUT2D eigenvalue weighted by atomic mass is 9.90. The molecule has 2 unspecified atom stereocenters. The van der Waals surface area contributed by atoms with Gasteiger partial charge in [0.2, 0.25) is 11.1 Å². The average Bonchev–Trinajstić information content (AvgIpc) is 3.11. The number of H-pyrrole nitrogens is 1. The summed E-state index contributed by atoms with van der Waals surface area (Å²) < 4.78 is -1.63. The van der Waals surface area contributed by atoms with E-state index in [0.29, 0.717) is 6.42 Å². The molecule has 0 spiro atoms. The minimum Gasteiger partial charge on any atom is -0.480 e. The molecule has 26 heavy (non-hydrogen) atoms. The Kier molecular flexibility index (Phi) is 4.94. The van der Waals surface area contributed by atoms with Crippen molar-refractivity contribution < 1.29 is 24.6 Å². The van der Waals surface area contributed by atoms with Crippen LogP contribution in [0.25, 0.3) is 0 Å². The van der Waals surface area contributed by atoms with Crippen molar-refractivity contribution in [3.05, 3.63) is 11.3 Å². The number of nitrogens with zero attached hydrogens (tertiary/aromatic N) is 4. The number of fused-ring (bicyclic) bond motifs is 1. The quantitative estimate of drug-likeness (QED) is 0.343. The number of amides is 1. The van der Waals surface area contributed by atoms with Gasteiger partial charge in [0.1, 0.15) is 21.9 Å². The highest BCUT2D eigenvalue weighted by Gasteiger charge is 2.56. The molecule has 0 aromatic carbocycles. The van der Waals surface area contributed by atoms with Crippen molar-refractivity contribution in [3.63, 3.8) is 0 Å². The monoisotopic (exact) mass is 400 g/mol. The highest BCUT2D eigenvalue weighted by Crippen LogP contribution is 2.49. The number of aliphatic carboxylic acids is 2. The Morgan fingerprint density at radius 3 is 2.77 bits per heavy atom. The Bertz CT molecular complexity index is 784. The number of β-lactam (4-membered cyclic amide) rings is 1. The van der Waals surface area contributed by atoms with E-state index in [9.17, 15) is 24.6 Å². The van der Waals surface area contributed by atoms with Gasteiger partial charge in [0, 0.05) is 5.75 Å². The third kappa shape index (κ3) is 2.75. The van der Waals surface area contributed by atoms with Crippen LogP contribution in [0.3, 0.4) is 0 Å². The summed E-state index contributed by atoms with van der Waals surface area (Å²) in [6.45, 7) is 1.79. The number of carboxylic acid groups (broad SMARTS) is 2. The van der Waals surface area contributed by atoms with E-state index in [1.165, 1.54) is 11.8 Å². The van der Waals surface area contributed by atoms with Crippen molar-refractivity contribution in [2.75, 3.05) is 5.75 Å². The maximum absolute atomic E-state index is 12.3. The molecule has 1 aromatic rings. The number of rotatable bonds is 7. The van der Waals surface area contributed by atoms with Gasteiger partial charge in [-0.2, -0.15) is 5.21 Å². The van der Waals surface area contributed by atoms with Crippen LogP contribution in [0, 0.1) is 0 Å². The van der Waals surface area contributed by atoms with Gasteiger partial charge in [-0.15, -0.1) is 22.0 Å². The van der Waals surface area contributed by atoms with E-state index < -0.39 is 34.0 Å². The molecule has 1 aromatic heterocycles. The van der Waals surface area contributed by atoms with Crippen LogP contribution < -0.4 is 5.73 Å². The first-order valence-corrected chi connectivity index (χ1v) is 9.53. The first-order valence-electron chi connectivity index (χ1n) is 7.66. The fraction of sp³-hybridized carbons (Fsp3) is 0.538. The molecule has 2 aliphatic heterocycles. The number of aromatic nitrogens is 4. The Labute approximate surface area is 155 Å². The summed E-state index contributed by atoms with van der Waals surface area (Å²) in [6, 6.07) is -0.786. The van der Waals surface area contributed by atoms with Crippen molar-refractivity contribution in [2.24, 2.45) is 5.73 Å². The lowest BCUT2D eigenvalue weighted by molar-refractivity contribution is -0.148. The first-order chi connectivity index (χ1) is 12.3. The fourth-order valence-electron chi connectivity index (χ4n) is 3.07. The van der Waals surface area contributed by atoms with Crippen molar-refractivity contribution in [1.29, 1.82) is 0 Å². The summed E-state index contributed by atoms with van der Waals surface area (Å²) in [6.07, 6.45) is 0.599. The summed E-state index contributed by atoms with van der Waals surface area (Å²) in [7, 11) is 0. The number of tetrazole rings is 1. The molecular formula is C13H16N6O5S2. The summed E-state index contributed by atoms with van der Waals surface area (Å²) >= 11 is 2.07. The van der Waals surface area contributed by atoms with E-state index >= 15 is 0 Å². The molecule has 0 aliphatic carbocycles. The highest BCUT2D eigenvalue weighted by atomic mass is 32.2. The Morgan fingerprint density at radius 1 is 1.50 bits per heavy atom. The minimum atomic E-state index is -1.63. The van der Waals surface area contributed by atoms with Gasteiger partial charge in [-0.05, 0) is 17.2 Å². The molecule has 2 aliphatic rings. The third-order valence-corrected chi connectivity index (χ3v) is 6.87. The predicted molar refractivity (Wildman–Crippen MR) is 91.0 cm³/mol. The number of nitrogens with one attached hydrogen (secondary N) is 1. The molecule has 5 N–H and O–H groups in total. The van der Waals surface area contributed by atoms with Crippen LogP contribution >= 0.6 is 23.5 Å². The summed E-state index contributed by atoms with van der Waals surface area (Å²) in [5.74, 6) is -2.99. The second-order valence-corrected chi connectivity index (χ2v) is 8.12. The molecule has 1 amide bonds. The average molecular weight is 400 g/mol. The number of aromatic amines is 1. The van der Waals surface area contributed by atoms with Crippen LogP contribution in [0.4, 0.5) is 0 Å². The molecule has 3 heterocycles. The molecule has 1 fully saturated rings. The van der Waals surface area contributed by atoms with Crippen LogP contribution in [0.2, 0.25) is 0 Å². The van der Waals surface area contributed by atoms with Crippen LogP contribution in [0.5, 0.6) is 0 Å². The number of carbonyl (C=O) groups excluding carboxylic acids is 1. The van der Waals surface area contributed by atoms with E-state index in [-0.39, 0.29) is 28.6 Å². The Balaban J connectivity index is 2.15. The van der Waals surface area contributed by atoms with Crippen LogP contribution in [-0.4, -0.2) is 75.5 Å². The molecule has 1 saturated heterocycles. The standard InChI is InChI=1S/C13H16N6O5S2/c1-2-3-13(11(23)24,26-12-15-17-18-16-12)5-4-25-9-6(14)8(20)19(9)7(5)10(21)22/h6,9H,2-4,14H2,1H3,(H,21,22)(H,23,24)(H,15,16,17,18)/t6?,9-,13?/m0/s1. The Hall–Kier alpha value is -2.12. The van der Waals surface area contributed by atoms with Crippen molar-refractivity contribution >= 4 is 41.4 Å². The van der Waals surface area contributed by atoms with E-state index in [1.54, 1.807) is 6.92 Å². The number of carboxylic acids is 2. The predicted octanol–water partition coefficient (Wildman–Crippen LogP) is -0.504. The first kappa shape index (κ1) is 18.7. The minimum absolute atomic E-state index is 0.0804. The van der Waals surface area contributed by atoms with E-state index in [4.69, 9.17) is 5.73 Å². The third-order valence-electron chi connectivity index (χ3n) is 4.24. The van der Waals surface area contributed by atoms with Gasteiger partial charge in [-0.3, -0.25) is 14.5 Å². The zero-order valence-corrected chi connectivity index (χ0v) is 15.2. The zero-order chi connectivity index (χ0) is 19.1. The summed E-state index contributed by atoms with van der Waals surface area (Å²) in [5, 5.41) is 32.5. The van der Waals surface area contributed by atoms with Gasteiger partial charge < -0.3 is 15.9 Å². The van der Waals surface area contributed by atoms with E-state index in [2.05, 4.69) is 20.6 Å². The van der Waals surface area contributed by atoms with Gasteiger partial charge in [0.25, 0.3) is 0 Å². The normalized spacial score (nSPS) is 24.7. The molecular weight excluding hydrogens is 384 g/mol. The molecule has 0 radical (unpaired) electrons. The molecule has 0 bridgehead atoms. The number of hydrogen-bond acceptors (Lipinski definition) is 9. The SMILES string of the molecule is CCCC(Sc1nn[nH]n1)(C(=O)O)C1=C(C(=O)O)N2C(=O)C(N)[C@@H]2SC1. The molecule has 11 nitrogen and oxygen atoms in total. The number of thioether (sulfide) groups is 2. The second-order valence-electron chi connectivity index (χ2n) is 5.75. The second kappa shape index (κ2) is 6.89. The molecule has 3 rings (SSSR count). The topological polar surface area (TPSA) is 175 Å². The lowest BCUT2D eigenvalue weighted by Crippen LogP contribution is -2.69. The maximum Gasteiger partial charge on any atom is 0.352 e. The van der Waals surface area contributed by atoms with Gasteiger partial charge >= 0.3 is 11.9 Å². The molecule has 0 saturated carbocycles. The van der Waals surface area contributed by atoms with Crippen molar-refractivity contribution in [2.45, 2.75) is 41.1 Å². The van der Waals surface area contributed by atoms with Gasteiger partial charge in [-0.1, -0.05) is 25.1 Å². The number of hydrogen-bond donors (Lipinski definition) is 4. The number of nitrogens with two attached hydrogens (primary N) is 1. The largest absolute Gasteiger partial charge is 0.480 e. The fourth-order valence-corrected chi connectivity index (χ4v) is 5.73. The van der Waals surface area contributed by atoms with Crippen molar-refractivity contribution in [1.82, 2.24) is 25.5 Å². The van der Waals surface area contributed by atoms with E-state index in [0.717, 1.165) is 16.7 Å². The molecule has 140 valence electrons. The van der Waals surface area contributed by atoms with Crippen LogP contribution in [-0.2, 0) is 14.4 Å². The van der Waals surface area contributed by atoms with Crippen molar-refractivity contribution in [3.8, 4) is 0 Å². The summed E-state index contributed by atoms with van der Waals surface area (Å²) in [4.78, 5) is 37.4. The number of carbonyl (C=O) groups is 3. The summed E-state index contributed by atoms with van der Waals surface area (Å²) in [5.41, 5.74) is 5.56. The van der Waals surface area contributed by atoms with E-state index in [1.807, 2.05) is 0 Å². The maximum atomic E-state index is 12.3. The smallest absolute Gasteiger partial charge is 0.352 e. The van der Waals surface area contributed by atoms with Crippen LogP contribution in [0.15, 0.2) is 16.4 Å². The molecule has 13 heteroatoms. The highest BCUT2D eigenvalue weighted by molar-refractivity contribution is 8.02. The lowest BCUT2D eigenvalue weighted by Gasteiger charge is -2.49. The Morgan fingerprint density at radius 2 is 2.23 bits per heavy atom. The van der Waals surface area contributed by atoms with Gasteiger partial charge in [0.05, 0.1) is 0 Å². The van der Waals surface area contributed by atoms with Crippen LogP contribution in [0.1, 0.15) is 19.8 Å². The van der Waals surface area contributed by atoms with Gasteiger partial charge in [0.15, 0.2) is 0 Å². The molecule has 3 atom stereocenters. The van der Waals surface area contributed by atoms with Gasteiger partial charge in [-0.25, -0.2) is 4.79 Å². The zero-order valence-electron chi connectivity index (χ0n) is 13.6.